The smallest absolute Gasteiger partial charge is 0.242 e. The summed E-state index contributed by atoms with van der Waals surface area (Å²) in [5, 5.41) is 11.1. The van der Waals surface area contributed by atoms with Gasteiger partial charge in [0, 0.05) is 26.0 Å². The van der Waals surface area contributed by atoms with Crippen molar-refractivity contribution < 1.29 is 13.2 Å². The molecule has 0 bridgehead atoms. The van der Waals surface area contributed by atoms with E-state index in [2.05, 4.69) is 15.5 Å². The standard InChI is InChI=1S/C17H19N5O3S2/c1-12(26-17-20-19-15-9-4-5-10-22(15)17)16(23)18-13-7-6-8-14(11-13)27(24,25)21(2)3/h4-12H,1-3H3,(H,18,23). The zero-order valence-electron chi connectivity index (χ0n) is 15.0. The van der Waals surface area contributed by atoms with E-state index in [0.29, 0.717) is 16.5 Å². The highest BCUT2D eigenvalue weighted by Crippen LogP contribution is 2.24. The molecule has 0 aliphatic heterocycles. The zero-order chi connectivity index (χ0) is 19.6. The highest BCUT2D eigenvalue weighted by atomic mass is 32.2. The minimum absolute atomic E-state index is 0.119. The van der Waals surface area contributed by atoms with E-state index in [0.717, 1.165) is 4.31 Å². The lowest BCUT2D eigenvalue weighted by Crippen LogP contribution is -2.24. The van der Waals surface area contributed by atoms with Crippen LogP contribution in [0.15, 0.2) is 58.7 Å². The van der Waals surface area contributed by atoms with E-state index < -0.39 is 15.3 Å². The third-order valence-corrected chi connectivity index (χ3v) is 6.68. The van der Waals surface area contributed by atoms with E-state index in [1.807, 2.05) is 24.4 Å². The molecule has 2 heterocycles. The number of sulfonamides is 1. The van der Waals surface area contributed by atoms with Crippen LogP contribution in [0, 0.1) is 0 Å². The van der Waals surface area contributed by atoms with Gasteiger partial charge in [-0.15, -0.1) is 10.2 Å². The first kappa shape index (κ1) is 19.3. The van der Waals surface area contributed by atoms with Crippen molar-refractivity contribution in [3.63, 3.8) is 0 Å². The topological polar surface area (TPSA) is 96.7 Å². The van der Waals surface area contributed by atoms with Gasteiger partial charge in [-0.05, 0) is 37.3 Å². The first-order valence-electron chi connectivity index (χ1n) is 8.09. The van der Waals surface area contributed by atoms with Crippen LogP contribution in [0.5, 0.6) is 0 Å². The minimum atomic E-state index is -3.57. The summed E-state index contributed by atoms with van der Waals surface area (Å²) in [5.74, 6) is -0.257. The van der Waals surface area contributed by atoms with Crippen molar-refractivity contribution in [2.45, 2.75) is 22.2 Å². The van der Waals surface area contributed by atoms with E-state index in [1.54, 1.807) is 23.5 Å². The molecule has 1 amide bonds. The Labute approximate surface area is 161 Å². The number of hydrogen-bond acceptors (Lipinski definition) is 6. The van der Waals surface area contributed by atoms with Gasteiger partial charge in [0.1, 0.15) is 0 Å². The Hall–Kier alpha value is -2.43. The molecule has 0 aliphatic rings. The van der Waals surface area contributed by atoms with Gasteiger partial charge in [-0.2, -0.15) is 0 Å². The zero-order valence-corrected chi connectivity index (χ0v) is 16.7. The summed E-state index contributed by atoms with van der Waals surface area (Å²) >= 11 is 1.27. The molecule has 10 heteroatoms. The number of nitrogens with zero attached hydrogens (tertiary/aromatic N) is 4. The van der Waals surface area contributed by atoms with Crippen LogP contribution in [-0.4, -0.2) is 52.6 Å². The Morgan fingerprint density at radius 3 is 2.70 bits per heavy atom. The number of rotatable bonds is 6. The van der Waals surface area contributed by atoms with Gasteiger partial charge < -0.3 is 5.32 Å². The molecule has 1 aromatic carbocycles. The molecule has 8 nitrogen and oxygen atoms in total. The molecular formula is C17H19N5O3S2. The fraction of sp³-hybridized carbons (Fsp3) is 0.235. The monoisotopic (exact) mass is 405 g/mol. The molecule has 0 aliphatic carbocycles. The molecule has 27 heavy (non-hydrogen) atoms. The van der Waals surface area contributed by atoms with Crippen molar-refractivity contribution in [3.05, 3.63) is 48.7 Å². The average Bonchev–Trinajstić information content (AvgIpc) is 3.05. The minimum Gasteiger partial charge on any atom is -0.325 e. The molecule has 0 fully saturated rings. The lowest BCUT2D eigenvalue weighted by atomic mass is 10.3. The number of carbonyl (C=O) groups is 1. The van der Waals surface area contributed by atoms with Crippen LogP contribution in [-0.2, 0) is 14.8 Å². The molecule has 3 rings (SSSR count). The Morgan fingerprint density at radius 1 is 1.19 bits per heavy atom. The number of nitrogens with one attached hydrogen (secondary N) is 1. The molecule has 0 saturated carbocycles. The first-order valence-corrected chi connectivity index (χ1v) is 10.4. The number of fused-ring (bicyclic) bond motifs is 1. The number of amides is 1. The van der Waals surface area contributed by atoms with E-state index in [4.69, 9.17) is 0 Å². The number of thioether (sulfide) groups is 1. The normalized spacial score (nSPS) is 13.0. The van der Waals surface area contributed by atoms with Crippen molar-refractivity contribution in [1.29, 1.82) is 0 Å². The predicted octanol–water partition coefficient (Wildman–Crippen LogP) is 2.10. The molecule has 2 aromatic heterocycles. The van der Waals surface area contributed by atoms with Crippen LogP contribution in [0.3, 0.4) is 0 Å². The van der Waals surface area contributed by atoms with Gasteiger partial charge in [0.2, 0.25) is 15.9 Å². The lowest BCUT2D eigenvalue weighted by Gasteiger charge is -2.14. The molecule has 0 radical (unpaired) electrons. The van der Waals surface area contributed by atoms with Crippen molar-refractivity contribution >= 4 is 39.0 Å². The number of pyridine rings is 1. The number of benzene rings is 1. The van der Waals surface area contributed by atoms with Gasteiger partial charge >= 0.3 is 0 Å². The summed E-state index contributed by atoms with van der Waals surface area (Å²) in [7, 11) is -0.645. The van der Waals surface area contributed by atoms with Crippen LogP contribution in [0.25, 0.3) is 5.65 Å². The molecular weight excluding hydrogens is 386 g/mol. The SMILES string of the molecule is CC(Sc1nnc2ccccn12)C(=O)Nc1cccc(S(=O)(=O)N(C)C)c1. The summed E-state index contributed by atoms with van der Waals surface area (Å²) in [6.45, 7) is 1.75. The third-order valence-electron chi connectivity index (χ3n) is 3.81. The number of aromatic nitrogens is 3. The van der Waals surface area contributed by atoms with Crippen molar-refractivity contribution in [2.24, 2.45) is 0 Å². The van der Waals surface area contributed by atoms with Crippen molar-refractivity contribution in [1.82, 2.24) is 18.9 Å². The van der Waals surface area contributed by atoms with E-state index in [1.165, 1.54) is 38.0 Å². The lowest BCUT2D eigenvalue weighted by molar-refractivity contribution is -0.115. The Morgan fingerprint density at radius 2 is 1.96 bits per heavy atom. The molecule has 1 unspecified atom stereocenters. The second kappa shape index (κ2) is 7.67. The second-order valence-electron chi connectivity index (χ2n) is 5.98. The summed E-state index contributed by atoms with van der Waals surface area (Å²) in [4.78, 5) is 12.6. The number of carbonyl (C=O) groups excluding carboxylic acids is 1. The van der Waals surface area contributed by atoms with Gasteiger partial charge in [0.15, 0.2) is 10.8 Å². The van der Waals surface area contributed by atoms with Crippen LogP contribution >= 0.6 is 11.8 Å². The second-order valence-corrected chi connectivity index (χ2v) is 9.44. The Bertz CT molecular complexity index is 1080. The maximum absolute atomic E-state index is 12.5. The van der Waals surface area contributed by atoms with Gasteiger partial charge in [0.05, 0.1) is 10.1 Å². The summed E-state index contributed by atoms with van der Waals surface area (Å²) in [6, 6.07) is 11.7. The Balaban J connectivity index is 1.73. The van der Waals surface area contributed by atoms with E-state index in [-0.39, 0.29) is 10.8 Å². The average molecular weight is 406 g/mol. The van der Waals surface area contributed by atoms with E-state index >= 15 is 0 Å². The largest absolute Gasteiger partial charge is 0.325 e. The quantitative estimate of drug-likeness (QED) is 0.631. The molecule has 1 atom stereocenters. The van der Waals surface area contributed by atoms with Gasteiger partial charge in [0.25, 0.3) is 0 Å². The highest BCUT2D eigenvalue weighted by Gasteiger charge is 2.20. The molecule has 0 spiro atoms. The third kappa shape index (κ3) is 4.12. The van der Waals surface area contributed by atoms with Crippen LogP contribution in [0.1, 0.15) is 6.92 Å². The van der Waals surface area contributed by atoms with Gasteiger partial charge in [-0.3, -0.25) is 9.20 Å². The molecule has 142 valence electrons. The fourth-order valence-electron chi connectivity index (χ4n) is 2.30. The highest BCUT2D eigenvalue weighted by molar-refractivity contribution is 8.00. The fourth-order valence-corrected chi connectivity index (χ4v) is 4.09. The molecule has 0 saturated heterocycles. The summed E-state index contributed by atoms with van der Waals surface area (Å²) in [6.07, 6.45) is 1.83. The number of hydrogen-bond donors (Lipinski definition) is 1. The molecule has 3 aromatic rings. The van der Waals surface area contributed by atoms with Crippen LogP contribution in [0.2, 0.25) is 0 Å². The molecule has 1 N–H and O–H groups in total. The maximum Gasteiger partial charge on any atom is 0.242 e. The Kier molecular flexibility index (Phi) is 5.49. The van der Waals surface area contributed by atoms with E-state index in [9.17, 15) is 13.2 Å². The summed E-state index contributed by atoms with van der Waals surface area (Å²) in [5.41, 5.74) is 1.12. The van der Waals surface area contributed by atoms with Gasteiger partial charge in [-0.1, -0.05) is 23.9 Å². The number of anilines is 1. The maximum atomic E-state index is 12.5. The van der Waals surface area contributed by atoms with Gasteiger partial charge in [-0.25, -0.2) is 12.7 Å². The van der Waals surface area contributed by atoms with Crippen LogP contribution < -0.4 is 5.32 Å². The summed E-state index contributed by atoms with van der Waals surface area (Å²) < 4.78 is 27.4. The predicted molar refractivity (Wildman–Crippen MR) is 104 cm³/mol. The van der Waals surface area contributed by atoms with Crippen molar-refractivity contribution in [2.75, 3.05) is 19.4 Å². The first-order chi connectivity index (χ1) is 12.8. The van der Waals surface area contributed by atoms with Crippen LogP contribution in [0.4, 0.5) is 5.69 Å². The van der Waals surface area contributed by atoms with Crippen molar-refractivity contribution in [3.8, 4) is 0 Å².